The zero-order chi connectivity index (χ0) is 11.5. The smallest absolute Gasteiger partial charge is 0.203 e. The Morgan fingerprint density at radius 3 is 2.81 bits per heavy atom. The van der Waals surface area contributed by atoms with Crippen LogP contribution in [-0.2, 0) is 0 Å². The van der Waals surface area contributed by atoms with Crippen LogP contribution in [-0.4, -0.2) is 27.6 Å². The molecule has 0 spiro atoms. The van der Waals surface area contributed by atoms with E-state index < -0.39 is 0 Å². The van der Waals surface area contributed by atoms with Gasteiger partial charge in [0.05, 0.1) is 11.6 Å². The summed E-state index contributed by atoms with van der Waals surface area (Å²) in [7, 11) is 0. The largest absolute Gasteiger partial charge is 0.369 e. The van der Waals surface area contributed by atoms with E-state index in [1.165, 1.54) is 0 Å². The molecule has 3 rings (SSSR count). The van der Waals surface area contributed by atoms with Crippen LogP contribution in [0.3, 0.4) is 0 Å². The summed E-state index contributed by atoms with van der Waals surface area (Å²) in [4.78, 5) is 8.39. The second-order valence-electron chi connectivity index (χ2n) is 3.50. The van der Waals surface area contributed by atoms with Crippen LogP contribution >= 0.6 is 0 Å². The number of nitrogens with two attached hydrogens (primary N) is 1. The van der Waals surface area contributed by atoms with Gasteiger partial charge >= 0.3 is 0 Å². The highest BCUT2D eigenvalue weighted by Gasteiger charge is 2.23. The number of rotatable bonds is 1. The molecule has 16 heavy (non-hydrogen) atoms. The standard InChI is InChI=1S/C9H11N5.C2H6/c10-9-13-8-7(2-1-3-12-8)14(9)6-4-11-5-6;1-2/h1-3,6,11H,4-5H2,(H2,10,12,13);1-2H3. The number of fused-ring (bicyclic) bond motifs is 1. The molecule has 0 radical (unpaired) electrons. The molecule has 0 amide bonds. The zero-order valence-electron chi connectivity index (χ0n) is 9.64. The van der Waals surface area contributed by atoms with Crippen molar-refractivity contribution in [1.29, 1.82) is 0 Å². The van der Waals surface area contributed by atoms with E-state index in [1.54, 1.807) is 6.20 Å². The number of nitrogens with one attached hydrogen (secondary N) is 1. The molecular formula is C11H17N5. The average molecular weight is 219 g/mol. The Morgan fingerprint density at radius 1 is 1.44 bits per heavy atom. The quantitative estimate of drug-likeness (QED) is 0.755. The average Bonchev–Trinajstić information content (AvgIpc) is 2.57. The molecule has 2 aromatic rings. The molecule has 1 fully saturated rings. The van der Waals surface area contributed by atoms with Crippen molar-refractivity contribution >= 4 is 17.1 Å². The van der Waals surface area contributed by atoms with Crippen LogP contribution in [0, 0.1) is 0 Å². The number of nitrogen functional groups attached to an aromatic ring is 1. The highest BCUT2D eigenvalue weighted by atomic mass is 15.2. The van der Waals surface area contributed by atoms with Crippen molar-refractivity contribution < 1.29 is 0 Å². The molecule has 0 aliphatic carbocycles. The number of anilines is 1. The number of pyridine rings is 1. The Kier molecular flexibility index (Phi) is 3.05. The van der Waals surface area contributed by atoms with E-state index in [2.05, 4.69) is 19.9 Å². The van der Waals surface area contributed by atoms with Gasteiger partial charge < -0.3 is 15.6 Å². The molecule has 5 heteroatoms. The Labute approximate surface area is 94.7 Å². The van der Waals surface area contributed by atoms with E-state index in [-0.39, 0.29) is 0 Å². The lowest BCUT2D eigenvalue weighted by Gasteiger charge is -2.29. The van der Waals surface area contributed by atoms with Gasteiger partial charge in [-0.3, -0.25) is 0 Å². The molecule has 0 unspecified atom stereocenters. The van der Waals surface area contributed by atoms with Gasteiger partial charge in [-0.05, 0) is 12.1 Å². The molecule has 1 saturated heterocycles. The van der Waals surface area contributed by atoms with Gasteiger partial charge in [-0.25, -0.2) is 4.98 Å². The lowest BCUT2D eigenvalue weighted by atomic mass is 10.2. The number of aromatic nitrogens is 3. The van der Waals surface area contributed by atoms with Crippen molar-refractivity contribution in [3.05, 3.63) is 18.3 Å². The van der Waals surface area contributed by atoms with Crippen molar-refractivity contribution in [3.8, 4) is 0 Å². The molecule has 0 aromatic carbocycles. The summed E-state index contributed by atoms with van der Waals surface area (Å²) in [6.07, 6.45) is 1.73. The van der Waals surface area contributed by atoms with E-state index in [1.807, 2.05) is 26.0 Å². The van der Waals surface area contributed by atoms with Gasteiger partial charge in [0.1, 0.15) is 0 Å². The summed E-state index contributed by atoms with van der Waals surface area (Å²) in [5.74, 6) is 0.560. The molecule has 5 nitrogen and oxygen atoms in total. The van der Waals surface area contributed by atoms with E-state index in [0.717, 1.165) is 24.3 Å². The van der Waals surface area contributed by atoms with Gasteiger partial charge in [0, 0.05) is 19.3 Å². The van der Waals surface area contributed by atoms with Gasteiger partial charge in [0.25, 0.3) is 0 Å². The minimum atomic E-state index is 0.434. The van der Waals surface area contributed by atoms with Crippen molar-refractivity contribution in [1.82, 2.24) is 19.9 Å². The molecular weight excluding hydrogens is 202 g/mol. The molecule has 0 bridgehead atoms. The molecule has 3 N–H and O–H groups in total. The first-order valence-electron chi connectivity index (χ1n) is 5.65. The number of imidazole rings is 1. The lowest BCUT2D eigenvalue weighted by molar-refractivity contribution is 0.354. The maximum Gasteiger partial charge on any atom is 0.203 e. The summed E-state index contributed by atoms with van der Waals surface area (Å²) in [5.41, 5.74) is 7.61. The normalized spacial score (nSPS) is 15.4. The van der Waals surface area contributed by atoms with E-state index >= 15 is 0 Å². The van der Waals surface area contributed by atoms with Crippen LogP contribution in [0.2, 0.25) is 0 Å². The van der Waals surface area contributed by atoms with Crippen LogP contribution in [0.4, 0.5) is 5.95 Å². The fraction of sp³-hybridized carbons (Fsp3) is 0.455. The fourth-order valence-corrected chi connectivity index (χ4v) is 1.79. The Bertz CT molecular complexity index is 472. The van der Waals surface area contributed by atoms with Crippen molar-refractivity contribution in [2.24, 2.45) is 0 Å². The summed E-state index contributed by atoms with van der Waals surface area (Å²) >= 11 is 0. The summed E-state index contributed by atoms with van der Waals surface area (Å²) < 4.78 is 2.05. The third kappa shape index (κ3) is 1.63. The van der Waals surface area contributed by atoms with Crippen LogP contribution in [0.25, 0.3) is 11.2 Å². The minimum Gasteiger partial charge on any atom is -0.369 e. The molecule has 3 heterocycles. The molecule has 0 atom stereocenters. The summed E-state index contributed by atoms with van der Waals surface area (Å²) in [6.45, 7) is 5.93. The third-order valence-electron chi connectivity index (χ3n) is 2.62. The Balaban J connectivity index is 0.000000457. The topological polar surface area (TPSA) is 68.8 Å². The van der Waals surface area contributed by atoms with Crippen LogP contribution in [0.5, 0.6) is 0 Å². The van der Waals surface area contributed by atoms with Gasteiger partial charge in [-0.1, -0.05) is 13.8 Å². The molecule has 0 saturated carbocycles. The third-order valence-corrected chi connectivity index (χ3v) is 2.62. The van der Waals surface area contributed by atoms with Gasteiger partial charge in [0.15, 0.2) is 5.65 Å². The second-order valence-corrected chi connectivity index (χ2v) is 3.50. The predicted molar refractivity (Wildman–Crippen MR) is 65.2 cm³/mol. The van der Waals surface area contributed by atoms with E-state index in [9.17, 15) is 0 Å². The molecule has 2 aromatic heterocycles. The maximum atomic E-state index is 5.85. The van der Waals surface area contributed by atoms with Gasteiger partial charge in [-0.15, -0.1) is 0 Å². The van der Waals surface area contributed by atoms with Crippen LogP contribution in [0.15, 0.2) is 18.3 Å². The molecule has 1 aliphatic heterocycles. The summed E-state index contributed by atoms with van der Waals surface area (Å²) in [5, 5.41) is 3.22. The lowest BCUT2D eigenvalue weighted by Crippen LogP contribution is -2.43. The van der Waals surface area contributed by atoms with Crippen LogP contribution < -0.4 is 11.1 Å². The summed E-state index contributed by atoms with van der Waals surface area (Å²) in [6, 6.07) is 4.35. The fourth-order valence-electron chi connectivity index (χ4n) is 1.79. The van der Waals surface area contributed by atoms with Crippen molar-refractivity contribution in [2.45, 2.75) is 19.9 Å². The molecule has 1 aliphatic rings. The number of hydrogen-bond donors (Lipinski definition) is 2. The monoisotopic (exact) mass is 219 g/mol. The Morgan fingerprint density at radius 2 is 2.19 bits per heavy atom. The van der Waals surface area contributed by atoms with Gasteiger partial charge in [0.2, 0.25) is 5.95 Å². The van der Waals surface area contributed by atoms with Gasteiger partial charge in [-0.2, -0.15) is 4.98 Å². The minimum absolute atomic E-state index is 0.434. The first-order valence-corrected chi connectivity index (χ1v) is 5.65. The zero-order valence-corrected chi connectivity index (χ0v) is 9.64. The maximum absolute atomic E-state index is 5.85. The van der Waals surface area contributed by atoms with E-state index in [0.29, 0.717) is 12.0 Å². The second kappa shape index (κ2) is 4.49. The highest BCUT2D eigenvalue weighted by Crippen LogP contribution is 2.23. The Hall–Kier alpha value is -1.62. The molecule has 86 valence electrons. The first kappa shape index (κ1) is 10.9. The highest BCUT2D eigenvalue weighted by molar-refractivity contribution is 5.74. The van der Waals surface area contributed by atoms with Crippen LogP contribution in [0.1, 0.15) is 19.9 Å². The van der Waals surface area contributed by atoms with E-state index in [4.69, 9.17) is 5.73 Å². The first-order chi connectivity index (χ1) is 7.86. The van der Waals surface area contributed by atoms with Crippen molar-refractivity contribution in [3.63, 3.8) is 0 Å². The predicted octanol–water partition coefficient (Wildman–Crippen LogP) is 1.18. The number of nitrogens with zero attached hydrogens (tertiary/aromatic N) is 3. The number of hydrogen-bond acceptors (Lipinski definition) is 4. The SMILES string of the molecule is CC.Nc1nc2ncccc2n1C1CNC1. The van der Waals surface area contributed by atoms with Crippen molar-refractivity contribution in [2.75, 3.05) is 18.8 Å².